The Morgan fingerprint density at radius 3 is 2.19 bits per heavy atom. The smallest absolute Gasteiger partial charge is 0.0233 e. The van der Waals surface area contributed by atoms with Crippen molar-refractivity contribution in [1.82, 2.24) is 10.2 Å². The van der Waals surface area contributed by atoms with Crippen LogP contribution >= 0.6 is 0 Å². The number of nitrogens with one attached hydrogen (secondary N) is 1. The second kappa shape index (κ2) is 8.55. The molecule has 1 aliphatic carbocycles. The number of hydrogen-bond acceptors (Lipinski definition) is 2. The van der Waals surface area contributed by atoms with E-state index in [0.29, 0.717) is 6.04 Å². The predicted molar refractivity (Wildman–Crippen MR) is 91.3 cm³/mol. The van der Waals surface area contributed by atoms with Gasteiger partial charge in [0.25, 0.3) is 0 Å². The minimum Gasteiger partial charge on any atom is -0.310 e. The molecule has 1 unspecified atom stereocenters. The fraction of sp³-hybridized carbons (Fsp3) is 0.684. The molecule has 2 rings (SSSR count). The summed E-state index contributed by atoms with van der Waals surface area (Å²) in [5.41, 5.74) is 2.83. The first-order valence-electron chi connectivity index (χ1n) is 8.76. The normalized spacial score (nSPS) is 17.5. The molecular weight excluding hydrogens is 256 g/mol. The second-order valence-corrected chi connectivity index (χ2v) is 6.49. The number of rotatable bonds is 8. The van der Waals surface area contributed by atoms with Crippen LogP contribution in [0.5, 0.6) is 0 Å². The molecule has 0 spiro atoms. The molecule has 2 nitrogen and oxygen atoms in total. The first-order valence-corrected chi connectivity index (χ1v) is 8.76. The Kier molecular flexibility index (Phi) is 6.72. The lowest BCUT2D eigenvalue weighted by atomic mass is 9.99. The van der Waals surface area contributed by atoms with Crippen molar-refractivity contribution in [1.29, 1.82) is 0 Å². The van der Waals surface area contributed by atoms with Crippen LogP contribution < -0.4 is 5.32 Å². The molecule has 1 N–H and O–H groups in total. The standard InChI is InChI=1S/C19H32N2/c1-4-21(5-2)15-18-12-10-17(11-13-18)14-20-16(3)19-8-6-7-9-19/h10-13,16,19-20H,4-9,14-15H2,1-3H3. The van der Waals surface area contributed by atoms with Crippen LogP contribution in [-0.4, -0.2) is 24.0 Å². The lowest BCUT2D eigenvalue weighted by Gasteiger charge is -2.21. The Balaban J connectivity index is 1.79. The van der Waals surface area contributed by atoms with Gasteiger partial charge in [0.15, 0.2) is 0 Å². The highest BCUT2D eigenvalue weighted by Crippen LogP contribution is 2.27. The first kappa shape index (κ1) is 16.5. The van der Waals surface area contributed by atoms with Gasteiger partial charge in [-0.25, -0.2) is 0 Å². The number of hydrogen-bond donors (Lipinski definition) is 1. The molecule has 0 radical (unpaired) electrons. The maximum atomic E-state index is 3.71. The van der Waals surface area contributed by atoms with Gasteiger partial charge in [-0.15, -0.1) is 0 Å². The molecule has 0 amide bonds. The summed E-state index contributed by atoms with van der Waals surface area (Å²) < 4.78 is 0. The third-order valence-electron chi connectivity index (χ3n) is 5.06. The van der Waals surface area contributed by atoms with Crippen molar-refractivity contribution >= 4 is 0 Å². The Hall–Kier alpha value is -0.860. The summed E-state index contributed by atoms with van der Waals surface area (Å²) in [5, 5.41) is 3.71. The van der Waals surface area contributed by atoms with Crippen LogP contribution in [0.2, 0.25) is 0 Å². The minimum absolute atomic E-state index is 0.655. The molecule has 1 fully saturated rings. The molecule has 1 aromatic carbocycles. The van der Waals surface area contributed by atoms with Crippen molar-refractivity contribution in [2.75, 3.05) is 13.1 Å². The third kappa shape index (κ3) is 5.12. The summed E-state index contributed by atoms with van der Waals surface area (Å²) in [7, 11) is 0. The molecule has 1 aromatic rings. The van der Waals surface area contributed by atoms with Crippen molar-refractivity contribution in [3.05, 3.63) is 35.4 Å². The molecule has 0 aliphatic heterocycles. The Morgan fingerprint density at radius 1 is 1.05 bits per heavy atom. The summed E-state index contributed by atoms with van der Waals surface area (Å²) in [5.74, 6) is 0.895. The summed E-state index contributed by atoms with van der Waals surface area (Å²) >= 11 is 0. The van der Waals surface area contributed by atoms with Gasteiger partial charge in [-0.05, 0) is 49.9 Å². The van der Waals surface area contributed by atoms with Gasteiger partial charge >= 0.3 is 0 Å². The Bertz CT molecular complexity index is 389. The van der Waals surface area contributed by atoms with Gasteiger partial charge < -0.3 is 5.32 Å². The average molecular weight is 288 g/mol. The van der Waals surface area contributed by atoms with E-state index in [9.17, 15) is 0 Å². The molecule has 0 saturated heterocycles. The van der Waals surface area contributed by atoms with Gasteiger partial charge in [-0.1, -0.05) is 51.0 Å². The first-order chi connectivity index (χ1) is 10.2. The zero-order valence-corrected chi connectivity index (χ0v) is 14.1. The Labute approximate surface area is 130 Å². The zero-order valence-electron chi connectivity index (χ0n) is 14.1. The lowest BCUT2D eigenvalue weighted by Crippen LogP contribution is -2.31. The molecule has 1 saturated carbocycles. The molecular formula is C19H32N2. The topological polar surface area (TPSA) is 15.3 Å². The SMILES string of the molecule is CCN(CC)Cc1ccc(CNC(C)C2CCCC2)cc1. The van der Waals surface area contributed by atoms with E-state index in [0.717, 1.165) is 32.1 Å². The molecule has 118 valence electrons. The van der Waals surface area contributed by atoms with Gasteiger partial charge in [0.05, 0.1) is 0 Å². The maximum absolute atomic E-state index is 3.71. The van der Waals surface area contributed by atoms with Gasteiger partial charge in [0.1, 0.15) is 0 Å². The molecule has 0 heterocycles. The summed E-state index contributed by atoms with van der Waals surface area (Å²) in [6.45, 7) is 11.1. The maximum Gasteiger partial charge on any atom is 0.0233 e. The third-order valence-corrected chi connectivity index (χ3v) is 5.06. The largest absolute Gasteiger partial charge is 0.310 e. The van der Waals surface area contributed by atoms with E-state index >= 15 is 0 Å². The molecule has 0 aromatic heterocycles. The van der Waals surface area contributed by atoms with E-state index in [1.165, 1.54) is 36.8 Å². The van der Waals surface area contributed by atoms with Crippen molar-refractivity contribution in [2.24, 2.45) is 5.92 Å². The molecule has 0 bridgehead atoms. The minimum atomic E-state index is 0.655. The van der Waals surface area contributed by atoms with Gasteiger partial charge in [-0.3, -0.25) is 4.90 Å². The van der Waals surface area contributed by atoms with E-state index < -0.39 is 0 Å². The number of benzene rings is 1. The molecule has 21 heavy (non-hydrogen) atoms. The Morgan fingerprint density at radius 2 is 1.62 bits per heavy atom. The summed E-state index contributed by atoms with van der Waals surface area (Å²) in [4.78, 5) is 2.45. The second-order valence-electron chi connectivity index (χ2n) is 6.49. The van der Waals surface area contributed by atoms with Crippen LogP contribution in [0.15, 0.2) is 24.3 Å². The quantitative estimate of drug-likeness (QED) is 0.771. The van der Waals surface area contributed by atoms with Crippen LogP contribution in [0.4, 0.5) is 0 Å². The zero-order chi connectivity index (χ0) is 15.1. The fourth-order valence-corrected chi connectivity index (χ4v) is 3.37. The van der Waals surface area contributed by atoms with Crippen molar-refractivity contribution in [2.45, 2.75) is 65.6 Å². The fourth-order valence-electron chi connectivity index (χ4n) is 3.37. The van der Waals surface area contributed by atoms with Crippen LogP contribution in [0, 0.1) is 5.92 Å². The van der Waals surface area contributed by atoms with Crippen LogP contribution in [0.1, 0.15) is 57.6 Å². The van der Waals surface area contributed by atoms with Crippen molar-refractivity contribution < 1.29 is 0 Å². The molecule has 1 aliphatic rings. The van der Waals surface area contributed by atoms with Crippen LogP contribution in [0.3, 0.4) is 0 Å². The van der Waals surface area contributed by atoms with Gasteiger partial charge in [0.2, 0.25) is 0 Å². The highest BCUT2D eigenvalue weighted by Gasteiger charge is 2.20. The predicted octanol–water partition coefficient (Wildman–Crippen LogP) is 4.20. The van der Waals surface area contributed by atoms with E-state index in [4.69, 9.17) is 0 Å². The van der Waals surface area contributed by atoms with Crippen molar-refractivity contribution in [3.63, 3.8) is 0 Å². The monoisotopic (exact) mass is 288 g/mol. The molecule has 1 atom stereocenters. The van der Waals surface area contributed by atoms with Gasteiger partial charge in [-0.2, -0.15) is 0 Å². The van der Waals surface area contributed by atoms with Crippen LogP contribution in [0.25, 0.3) is 0 Å². The van der Waals surface area contributed by atoms with Gasteiger partial charge in [0, 0.05) is 19.1 Å². The highest BCUT2D eigenvalue weighted by atomic mass is 15.1. The molecule has 2 heteroatoms. The summed E-state index contributed by atoms with van der Waals surface area (Å²) in [6, 6.07) is 9.80. The lowest BCUT2D eigenvalue weighted by molar-refractivity contribution is 0.296. The van der Waals surface area contributed by atoms with E-state index in [1.54, 1.807) is 0 Å². The van der Waals surface area contributed by atoms with E-state index in [-0.39, 0.29) is 0 Å². The van der Waals surface area contributed by atoms with E-state index in [1.807, 2.05) is 0 Å². The average Bonchev–Trinajstić information content (AvgIpc) is 3.06. The van der Waals surface area contributed by atoms with Crippen LogP contribution in [-0.2, 0) is 13.1 Å². The van der Waals surface area contributed by atoms with E-state index in [2.05, 4.69) is 55.3 Å². The van der Waals surface area contributed by atoms with Crippen molar-refractivity contribution in [3.8, 4) is 0 Å². The summed E-state index contributed by atoms with van der Waals surface area (Å²) in [6.07, 6.45) is 5.68. The highest BCUT2D eigenvalue weighted by molar-refractivity contribution is 5.22. The number of nitrogens with zero attached hydrogens (tertiary/aromatic N) is 1.